The lowest BCUT2D eigenvalue weighted by Crippen LogP contribution is -1.93. The summed E-state index contributed by atoms with van der Waals surface area (Å²) in [5.74, 6) is -0.418. The highest BCUT2D eigenvalue weighted by atomic mass is 16.4. The average Bonchev–Trinajstić information content (AvgIpc) is 2.43. The van der Waals surface area contributed by atoms with Gasteiger partial charge in [0.2, 0.25) is 0 Å². The third-order valence-corrected chi connectivity index (χ3v) is 1.71. The third kappa shape index (κ3) is 0.972. The molecule has 2 aromatic rings. The Morgan fingerprint density at radius 3 is 3.08 bits per heavy atom. The molecule has 0 aliphatic carbocycles. The zero-order valence-electron chi connectivity index (χ0n) is 6.55. The molecule has 4 heteroatoms. The van der Waals surface area contributed by atoms with E-state index >= 15 is 0 Å². The minimum Gasteiger partial charge on any atom is -0.408 e. The van der Waals surface area contributed by atoms with Gasteiger partial charge in [0.1, 0.15) is 0 Å². The molecule has 0 amide bonds. The maximum atomic E-state index is 10.7. The maximum absolute atomic E-state index is 10.7. The van der Waals surface area contributed by atoms with Crippen LogP contribution < -0.4 is 11.1 Å². The summed E-state index contributed by atoms with van der Waals surface area (Å²) in [6, 6.07) is 5.42. The first kappa shape index (κ1) is 6.97. The number of hydrogen-bond donors (Lipinski definition) is 2. The van der Waals surface area contributed by atoms with Gasteiger partial charge >= 0.3 is 5.76 Å². The van der Waals surface area contributed by atoms with Crippen LogP contribution >= 0.6 is 0 Å². The van der Waals surface area contributed by atoms with Gasteiger partial charge in [0.05, 0.1) is 5.52 Å². The lowest BCUT2D eigenvalue weighted by atomic mass is 10.3. The summed E-state index contributed by atoms with van der Waals surface area (Å²) in [5.41, 5.74) is 2.24. The molecule has 1 aromatic carbocycles. The van der Waals surface area contributed by atoms with E-state index in [1.54, 1.807) is 6.07 Å². The Balaban J connectivity index is 2.74. The van der Waals surface area contributed by atoms with E-state index in [9.17, 15) is 4.79 Å². The largest absolute Gasteiger partial charge is 0.417 e. The van der Waals surface area contributed by atoms with Crippen LogP contribution in [0.25, 0.3) is 11.1 Å². The molecule has 0 atom stereocenters. The molecule has 1 heterocycles. The fraction of sp³-hybridized carbons (Fsp3) is 0.125. The van der Waals surface area contributed by atoms with E-state index < -0.39 is 5.76 Å². The van der Waals surface area contributed by atoms with E-state index in [1.165, 1.54) is 0 Å². The molecule has 0 unspecified atom stereocenters. The number of fused-ring (bicyclic) bond motifs is 1. The number of oxazole rings is 1. The Morgan fingerprint density at radius 2 is 2.33 bits per heavy atom. The van der Waals surface area contributed by atoms with Crippen molar-refractivity contribution in [3.8, 4) is 0 Å². The van der Waals surface area contributed by atoms with Gasteiger partial charge < -0.3 is 9.73 Å². The Morgan fingerprint density at radius 1 is 1.50 bits per heavy atom. The third-order valence-electron chi connectivity index (χ3n) is 1.71. The lowest BCUT2D eigenvalue weighted by Gasteiger charge is -1.96. The summed E-state index contributed by atoms with van der Waals surface area (Å²) < 4.78 is 4.83. The predicted octanol–water partition coefficient (Wildman–Crippen LogP) is 1.16. The number of hydrogen-bond acceptors (Lipinski definition) is 3. The van der Waals surface area contributed by atoms with Crippen LogP contribution in [0, 0.1) is 0 Å². The van der Waals surface area contributed by atoms with Crippen molar-refractivity contribution in [2.45, 2.75) is 0 Å². The minimum atomic E-state index is -0.418. The van der Waals surface area contributed by atoms with Crippen molar-refractivity contribution in [1.82, 2.24) is 4.98 Å². The number of H-pyrrole nitrogens is 1. The van der Waals surface area contributed by atoms with Crippen molar-refractivity contribution in [3.05, 3.63) is 28.7 Å². The molecule has 0 radical (unpaired) electrons. The second-order valence-corrected chi connectivity index (χ2v) is 2.48. The van der Waals surface area contributed by atoms with Gasteiger partial charge in [-0.2, -0.15) is 0 Å². The monoisotopic (exact) mass is 164 g/mol. The van der Waals surface area contributed by atoms with Gasteiger partial charge in [-0.1, -0.05) is 0 Å². The number of aromatic amines is 1. The zero-order chi connectivity index (χ0) is 8.55. The zero-order valence-corrected chi connectivity index (χ0v) is 6.55. The van der Waals surface area contributed by atoms with Gasteiger partial charge in [-0.05, 0) is 18.2 Å². The van der Waals surface area contributed by atoms with E-state index in [4.69, 9.17) is 4.42 Å². The van der Waals surface area contributed by atoms with Crippen molar-refractivity contribution < 1.29 is 4.42 Å². The first-order valence-electron chi connectivity index (χ1n) is 3.60. The SMILES string of the molecule is CNc1ccc2oc(=O)[nH]c2c1. The molecule has 0 aliphatic rings. The topological polar surface area (TPSA) is 58.0 Å². The van der Waals surface area contributed by atoms with Crippen LogP contribution in [0.15, 0.2) is 27.4 Å². The Bertz CT molecular complexity index is 455. The molecule has 0 saturated heterocycles. The molecule has 62 valence electrons. The Kier molecular flexibility index (Phi) is 1.40. The van der Waals surface area contributed by atoms with Gasteiger partial charge in [0, 0.05) is 12.7 Å². The summed E-state index contributed by atoms with van der Waals surface area (Å²) in [6.45, 7) is 0. The molecule has 1 aromatic heterocycles. The van der Waals surface area contributed by atoms with Crippen LogP contribution in [0.1, 0.15) is 0 Å². The van der Waals surface area contributed by atoms with Crippen LogP contribution in [0.2, 0.25) is 0 Å². The normalized spacial score (nSPS) is 10.4. The smallest absolute Gasteiger partial charge is 0.408 e. The van der Waals surface area contributed by atoms with Crippen molar-refractivity contribution in [3.63, 3.8) is 0 Å². The predicted molar refractivity (Wildman–Crippen MR) is 46.4 cm³/mol. The maximum Gasteiger partial charge on any atom is 0.417 e. The van der Waals surface area contributed by atoms with Crippen LogP contribution in [0.4, 0.5) is 5.69 Å². The van der Waals surface area contributed by atoms with Crippen molar-refractivity contribution in [2.24, 2.45) is 0 Å². The number of benzene rings is 1. The van der Waals surface area contributed by atoms with Crippen LogP contribution in [-0.2, 0) is 0 Å². The molecule has 2 N–H and O–H groups in total. The van der Waals surface area contributed by atoms with E-state index in [0.717, 1.165) is 5.69 Å². The van der Waals surface area contributed by atoms with Crippen molar-refractivity contribution >= 4 is 16.8 Å². The molecule has 12 heavy (non-hydrogen) atoms. The second kappa shape index (κ2) is 2.41. The van der Waals surface area contributed by atoms with Crippen molar-refractivity contribution in [2.75, 3.05) is 12.4 Å². The molecule has 0 bridgehead atoms. The van der Waals surface area contributed by atoms with Gasteiger partial charge in [-0.15, -0.1) is 0 Å². The Hall–Kier alpha value is -1.71. The quantitative estimate of drug-likeness (QED) is 0.665. The average molecular weight is 164 g/mol. The highest BCUT2D eigenvalue weighted by Crippen LogP contribution is 2.14. The first-order chi connectivity index (χ1) is 5.79. The van der Waals surface area contributed by atoms with E-state index in [2.05, 4.69) is 10.3 Å². The van der Waals surface area contributed by atoms with Gasteiger partial charge in [0.15, 0.2) is 5.58 Å². The summed E-state index contributed by atoms with van der Waals surface area (Å²) in [4.78, 5) is 13.3. The fourth-order valence-corrected chi connectivity index (χ4v) is 1.11. The van der Waals surface area contributed by atoms with Crippen LogP contribution in [-0.4, -0.2) is 12.0 Å². The molecular formula is C8H8N2O2. The number of nitrogens with one attached hydrogen (secondary N) is 2. The standard InChI is InChI=1S/C8H8N2O2/c1-9-5-2-3-7-6(4-5)10-8(11)12-7/h2-4,9H,1H3,(H,10,11). The summed E-state index contributed by atoms with van der Waals surface area (Å²) in [6.07, 6.45) is 0. The molecular weight excluding hydrogens is 156 g/mol. The minimum absolute atomic E-state index is 0.418. The number of aromatic nitrogens is 1. The van der Waals surface area contributed by atoms with Gasteiger partial charge in [-0.3, -0.25) is 4.98 Å². The molecule has 0 spiro atoms. The summed E-state index contributed by atoms with van der Waals surface area (Å²) >= 11 is 0. The lowest BCUT2D eigenvalue weighted by molar-refractivity contribution is 0.555. The molecule has 2 rings (SSSR count). The fourth-order valence-electron chi connectivity index (χ4n) is 1.11. The van der Waals surface area contributed by atoms with Crippen LogP contribution in [0.5, 0.6) is 0 Å². The molecule has 0 aliphatic heterocycles. The highest BCUT2D eigenvalue weighted by molar-refractivity contribution is 5.76. The number of rotatable bonds is 1. The van der Waals surface area contributed by atoms with E-state index in [1.807, 2.05) is 19.2 Å². The number of anilines is 1. The molecule has 0 saturated carbocycles. The highest BCUT2D eigenvalue weighted by Gasteiger charge is 1.99. The van der Waals surface area contributed by atoms with Crippen LogP contribution in [0.3, 0.4) is 0 Å². The summed E-state index contributed by atoms with van der Waals surface area (Å²) in [5, 5.41) is 2.96. The van der Waals surface area contributed by atoms with Gasteiger partial charge in [0.25, 0.3) is 0 Å². The first-order valence-corrected chi connectivity index (χ1v) is 3.60. The Labute approximate surface area is 68.2 Å². The van der Waals surface area contributed by atoms with Gasteiger partial charge in [-0.25, -0.2) is 4.79 Å². The van der Waals surface area contributed by atoms with E-state index in [0.29, 0.717) is 11.1 Å². The summed E-state index contributed by atoms with van der Waals surface area (Å²) in [7, 11) is 1.82. The molecule has 4 nitrogen and oxygen atoms in total. The second-order valence-electron chi connectivity index (χ2n) is 2.48. The van der Waals surface area contributed by atoms with Crippen molar-refractivity contribution in [1.29, 1.82) is 0 Å². The molecule has 0 fully saturated rings. The van der Waals surface area contributed by atoms with E-state index in [-0.39, 0.29) is 0 Å².